The van der Waals surface area contributed by atoms with E-state index >= 15 is 0 Å². The van der Waals surface area contributed by atoms with Crippen LogP contribution in [0.1, 0.15) is 70.3 Å². The Kier molecular flexibility index (Phi) is 4.19. The van der Waals surface area contributed by atoms with Gasteiger partial charge in [0.15, 0.2) is 0 Å². The quantitative estimate of drug-likeness (QED) is 0.869. The molecule has 5 rings (SSSR count). The molecule has 3 saturated carbocycles. The first-order valence-electron chi connectivity index (χ1n) is 10.5. The number of rotatable bonds is 3. The maximum absolute atomic E-state index is 12.5. The third-order valence-electron chi connectivity index (χ3n) is 7.14. The minimum Gasteiger partial charge on any atom is -0.351 e. The number of nitrogens with two attached hydrogens (primary N) is 1. The van der Waals surface area contributed by atoms with Gasteiger partial charge in [-0.05, 0) is 62.8 Å². The monoisotopic (exact) mass is 367 g/mol. The molecule has 27 heavy (non-hydrogen) atoms. The Bertz CT molecular complexity index is 885. The molecule has 2 heterocycles. The van der Waals surface area contributed by atoms with Crippen LogP contribution in [0.2, 0.25) is 0 Å². The molecule has 0 radical (unpaired) electrons. The van der Waals surface area contributed by atoms with Crippen molar-refractivity contribution in [3.05, 3.63) is 28.7 Å². The van der Waals surface area contributed by atoms with Gasteiger partial charge < -0.3 is 11.1 Å². The first kappa shape index (κ1) is 17.2. The van der Waals surface area contributed by atoms with Crippen molar-refractivity contribution >= 4 is 17.0 Å². The Hall–Kier alpha value is -1.95. The normalized spacial score (nSPS) is 31.3. The van der Waals surface area contributed by atoms with Crippen LogP contribution >= 0.6 is 0 Å². The molecule has 0 aromatic carbocycles. The molecule has 3 fully saturated rings. The van der Waals surface area contributed by atoms with Crippen LogP contribution in [-0.4, -0.2) is 26.6 Å². The standard InChI is InChI=1S/C21H29N5O/c22-15-7-9-21(10-8-15)11-16(12-21)24-20-23-13-14-5-6-18(27)26(19(14)25-20)17-3-1-2-4-17/h5-6,13,15-17H,1-4,7-12,22H2,(H,23,24,25). The Morgan fingerprint density at radius 3 is 2.59 bits per heavy atom. The molecule has 3 N–H and O–H groups in total. The topological polar surface area (TPSA) is 85.8 Å². The summed E-state index contributed by atoms with van der Waals surface area (Å²) in [7, 11) is 0. The average molecular weight is 367 g/mol. The van der Waals surface area contributed by atoms with Crippen molar-refractivity contribution in [3.63, 3.8) is 0 Å². The summed E-state index contributed by atoms with van der Waals surface area (Å²) in [6, 6.07) is 4.62. The molecule has 0 amide bonds. The van der Waals surface area contributed by atoms with Crippen LogP contribution in [0.15, 0.2) is 23.1 Å². The van der Waals surface area contributed by atoms with Crippen LogP contribution in [0.3, 0.4) is 0 Å². The zero-order valence-corrected chi connectivity index (χ0v) is 15.9. The Labute approximate surface area is 159 Å². The molecule has 0 atom stereocenters. The van der Waals surface area contributed by atoms with Crippen molar-refractivity contribution in [2.24, 2.45) is 11.1 Å². The van der Waals surface area contributed by atoms with Gasteiger partial charge in [0.05, 0.1) is 0 Å². The molecule has 0 saturated heterocycles. The van der Waals surface area contributed by atoms with Gasteiger partial charge in [0.25, 0.3) is 5.56 Å². The van der Waals surface area contributed by atoms with E-state index in [1.165, 1.54) is 38.5 Å². The van der Waals surface area contributed by atoms with Crippen LogP contribution in [-0.2, 0) is 0 Å². The van der Waals surface area contributed by atoms with Crippen molar-refractivity contribution < 1.29 is 0 Å². The van der Waals surface area contributed by atoms with Crippen molar-refractivity contribution in [2.45, 2.75) is 82.3 Å². The maximum atomic E-state index is 12.5. The highest BCUT2D eigenvalue weighted by atomic mass is 16.1. The van der Waals surface area contributed by atoms with Gasteiger partial charge in [-0.2, -0.15) is 4.98 Å². The number of nitrogens with one attached hydrogen (secondary N) is 1. The van der Waals surface area contributed by atoms with Gasteiger partial charge in [0, 0.05) is 35.8 Å². The lowest BCUT2D eigenvalue weighted by atomic mass is 9.58. The summed E-state index contributed by atoms with van der Waals surface area (Å²) in [5.41, 5.74) is 7.39. The summed E-state index contributed by atoms with van der Waals surface area (Å²) in [5.74, 6) is 0.659. The van der Waals surface area contributed by atoms with Gasteiger partial charge in [-0.3, -0.25) is 9.36 Å². The smallest absolute Gasteiger partial charge is 0.252 e. The molecule has 6 heteroatoms. The number of hydrogen-bond donors (Lipinski definition) is 2. The summed E-state index contributed by atoms with van der Waals surface area (Å²) in [5, 5.41) is 4.46. The predicted octanol–water partition coefficient (Wildman–Crippen LogP) is 3.37. The number of aromatic nitrogens is 3. The van der Waals surface area contributed by atoms with Gasteiger partial charge in [-0.15, -0.1) is 0 Å². The van der Waals surface area contributed by atoms with Crippen LogP contribution in [0.25, 0.3) is 11.0 Å². The Morgan fingerprint density at radius 1 is 1.11 bits per heavy atom. The van der Waals surface area contributed by atoms with Gasteiger partial charge in [0.1, 0.15) is 5.65 Å². The van der Waals surface area contributed by atoms with Gasteiger partial charge >= 0.3 is 0 Å². The van der Waals surface area contributed by atoms with Gasteiger partial charge in [-0.25, -0.2) is 4.98 Å². The number of nitrogens with zero attached hydrogens (tertiary/aromatic N) is 3. The number of pyridine rings is 1. The average Bonchev–Trinajstić information content (AvgIpc) is 3.16. The van der Waals surface area contributed by atoms with Crippen LogP contribution in [0.5, 0.6) is 0 Å². The third kappa shape index (κ3) is 3.14. The second-order valence-corrected chi connectivity index (χ2v) is 9.04. The molecule has 2 aromatic heterocycles. The minimum absolute atomic E-state index is 0.0557. The SMILES string of the molecule is NC1CCC2(CC1)CC(Nc1ncc3ccc(=O)n(C4CCCC4)c3n1)C2. The van der Waals surface area contributed by atoms with E-state index < -0.39 is 0 Å². The van der Waals surface area contributed by atoms with E-state index in [0.717, 1.165) is 36.7 Å². The lowest BCUT2D eigenvalue weighted by Crippen LogP contribution is -2.48. The van der Waals surface area contributed by atoms with Crippen molar-refractivity contribution in [1.82, 2.24) is 14.5 Å². The van der Waals surface area contributed by atoms with E-state index in [9.17, 15) is 4.79 Å². The summed E-state index contributed by atoms with van der Waals surface area (Å²) >= 11 is 0. The van der Waals surface area contributed by atoms with Crippen molar-refractivity contribution in [3.8, 4) is 0 Å². The van der Waals surface area contributed by atoms with E-state index in [-0.39, 0.29) is 11.6 Å². The summed E-state index contributed by atoms with van der Waals surface area (Å²) in [4.78, 5) is 21.8. The van der Waals surface area contributed by atoms with Crippen LogP contribution in [0.4, 0.5) is 5.95 Å². The first-order chi connectivity index (χ1) is 13.1. The fraction of sp³-hybridized carbons (Fsp3) is 0.667. The zero-order valence-electron chi connectivity index (χ0n) is 15.9. The van der Waals surface area contributed by atoms with E-state index in [1.807, 2.05) is 16.8 Å². The first-order valence-corrected chi connectivity index (χ1v) is 10.5. The van der Waals surface area contributed by atoms with Gasteiger partial charge in [0.2, 0.25) is 5.95 Å². The molecular formula is C21H29N5O. The van der Waals surface area contributed by atoms with Crippen LogP contribution in [0, 0.1) is 5.41 Å². The minimum atomic E-state index is 0.0557. The van der Waals surface area contributed by atoms with E-state index in [1.54, 1.807) is 6.07 Å². The summed E-state index contributed by atoms with van der Waals surface area (Å²) < 4.78 is 1.90. The van der Waals surface area contributed by atoms with E-state index in [4.69, 9.17) is 10.7 Å². The molecule has 3 aliphatic rings. The molecule has 0 aliphatic heterocycles. The predicted molar refractivity (Wildman–Crippen MR) is 107 cm³/mol. The van der Waals surface area contributed by atoms with Crippen LogP contribution < -0.4 is 16.6 Å². The molecular weight excluding hydrogens is 338 g/mol. The number of fused-ring (bicyclic) bond motifs is 1. The lowest BCUT2D eigenvalue weighted by molar-refractivity contribution is 0.0567. The lowest BCUT2D eigenvalue weighted by Gasteiger charge is -2.51. The molecule has 3 aliphatic carbocycles. The Morgan fingerprint density at radius 2 is 1.85 bits per heavy atom. The fourth-order valence-electron chi connectivity index (χ4n) is 5.55. The zero-order chi connectivity index (χ0) is 18.4. The molecule has 6 nitrogen and oxygen atoms in total. The molecule has 2 aromatic rings. The third-order valence-corrected chi connectivity index (χ3v) is 7.14. The highest BCUT2D eigenvalue weighted by Crippen LogP contribution is 2.52. The van der Waals surface area contributed by atoms with Crippen molar-refractivity contribution in [2.75, 3.05) is 5.32 Å². The van der Waals surface area contributed by atoms with E-state index in [2.05, 4.69) is 10.3 Å². The second kappa shape index (κ2) is 6.59. The molecule has 0 bridgehead atoms. The highest BCUT2D eigenvalue weighted by molar-refractivity contribution is 5.75. The van der Waals surface area contributed by atoms with E-state index in [0.29, 0.717) is 23.4 Å². The molecule has 0 unspecified atom stereocenters. The molecule has 144 valence electrons. The number of hydrogen-bond acceptors (Lipinski definition) is 5. The molecule has 1 spiro atoms. The maximum Gasteiger partial charge on any atom is 0.252 e. The number of anilines is 1. The largest absolute Gasteiger partial charge is 0.351 e. The second-order valence-electron chi connectivity index (χ2n) is 9.04. The van der Waals surface area contributed by atoms with Crippen molar-refractivity contribution in [1.29, 1.82) is 0 Å². The summed E-state index contributed by atoms with van der Waals surface area (Å²) in [6.45, 7) is 0. The van der Waals surface area contributed by atoms with Gasteiger partial charge in [-0.1, -0.05) is 12.8 Å². The summed E-state index contributed by atoms with van der Waals surface area (Å²) in [6.07, 6.45) is 13.6. The fourth-order valence-corrected chi connectivity index (χ4v) is 5.55. The Balaban J connectivity index is 1.36. The highest BCUT2D eigenvalue weighted by Gasteiger charge is 2.45.